The van der Waals surface area contributed by atoms with Crippen molar-refractivity contribution in [1.82, 2.24) is 25.1 Å². The van der Waals surface area contributed by atoms with Crippen molar-refractivity contribution in [3.05, 3.63) is 63.7 Å². The molecule has 6 nitrogen and oxygen atoms in total. The maximum atomic E-state index is 12.9. The molecular formula is C16H14ClN5OS. The van der Waals surface area contributed by atoms with Crippen LogP contribution in [0.3, 0.4) is 0 Å². The Morgan fingerprint density at radius 3 is 2.62 bits per heavy atom. The quantitative estimate of drug-likeness (QED) is 0.517. The zero-order valence-corrected chi connectivity index (χ0v) is 14.6. The minimum absolute atomic E-state index is 0.122. The molecule has 0 aliphatic heterocycles. The molecule has 0 N–H and O–H groups in total. The lowest BCUT2D eigenvalue weighted by Crippen LogP contribution is -2.13. The van der Waals surface area contributed by atoms with E-state index in [-0.39, 0.29) is 5.78 Å². The number of nitrogens with zero attached hydrogens (tertiary/aromatic N) is 5. The third kappa shape index (κ3) is 3.37. The lowest BCUT2D eigenvalue weighted by Gasteiger charge is -2.11. The molecule has 0 bridgehead atoms. The van der Waals surface area contributed by atoms with Crippen LogP contribution in [-0.4, -0.2) is 45.0 Å². The molecule has 2 aromatic heterocycles. The SMILES string of the molecule is CN(C)/C=C(\C(=O)c1cccs1)c1nnnn1-c1ccc(Cl)cc1. The molecule has 0 aliphatic carbocycles. The summed E-state index contributed by atoms with van der Waals surface area (Å²) in [5.41, 5.74) is 1.14. The third-order valence-corrected chi connectivity index (χ3v) is 4.28. The fourth-order valence-electron chi connectivity index (χ4n) is 2.13. The van der Waals surface area contributed by atoms with Crippen molar-refractivity contribution in [2.75, 3.05) is 14.1 Å². The topological polar surface area (TPSA) is 63.9 Å². The van der Waals surface area contributed by atoms with Crippen LogP contribution in [0.15, 0.2) is 48.0 Å². The smallest absolute Gasteiger partial charge is 0.208 e. The number of benzene rings is 1. The molecule has 0 aliphatic rings. The average molecular weight is 360 g/mol. The molecule has 0 saturated heterocycles. The second kappa shape index (κ2) is 6.94. The number of carbonyl (C=O) groups excluding carboxylic acids is 1. The molecule has 0 fully saturated rings. The summed E-state index contributed by atoms with van der Waals surface area (Å²) in [5, 5.41) is 14.3. The van der Waals surface area contributed by atoms with Crippen molar-refractivity contribution in [3.8, 4) is 5.69 Å². The highest BCUT2D eigenvalue weighted by molar-refractivity contribution is 7.12. The number of ketones is 1. The van der Waals surface area contributed by atoms with E-state index in [2.05, 4.69) is 15.5 Å². The summed E-state index contributed by atoms with van der Waals surface area (Å²) in [6.45, 7) is 0. The predicted octanol–water partition coefficient (Wildman–Crippen LogP) is 3.16. The standard InChI is InChI=1S/C16H14ClN5OS/c1-21(2)10-13(15(23)14-4-3-9-24-14)16-18-19-20-22(16)12-7-5-11(17)6-8-12/h3-10H,1-2H3/b13-10+. The van der Waals surface area contributed by atoms with Crippen LogP contribution in [0.4, 0.5) is 0 Å². The van der Waals surface area contributed by atoms with Gasteiger partial charge in [-0.2, -0.15) is 4.68 Å². The molecule has 3 rings (SSSR count). The van der Waals surface area contributed by atoms with Crippen molar-refractivity contribution in [1.29, 1.82) is 0 Å². The van der Waals surface area contributed by atoms with Crippen LogP contribution in [-0.2, 0) is 0 Å². The fraction of sp³-hybridized carbons (Fsp3) is 0.125. The van der Waals surface area contributed by atoms with E-state index >= 15 is 0 Å². The Morgan fingerprint density at radius 1 is 1.25 bits per heavy atom. The van der Waals surface area contributed by atoms with E-state index in [1.807, 2.05) is 25.5 Å². The fourth-order valence-corrected chi connectivity index (χ4v) is 2.93. The van der Waals surface area contributed by atoms with Crippen molar-refractivity contribution < 1.29 is 4.79 Å². The summed E-state index contributed by atoms with van der Waals surface area (Å²) in [4.78, 5) is 15.3. The highest BCUT2D eigenvalue weighted by Gasteiger charge is 2.22. The highest BCUT2D eigenvalue weighted by Crippen LogP contribution is 2.23. The van der Waals surface area contributed by atoms with Crippen molar-refractivity contribution >= 4 is 34.3 Å². The first kappa shape index (κ1) is 16.4. The molecule has 0 amide bonds. The van der Waals surface area contributed by atoms with E-state index in [1.54, 1.807) is 41.4 Å². The van der Waals surface area contributed by atoms with Gasteiger partial charge in [-0.05, 0) is 46.1 Å². The Kier molecular flexibility index (Phi) is 4.73. The van der Waals surface area contributed by atoms with Crippen molar-refractivity contribution in [2.45, 2.75) is 0 Å². The number of Topliss-reactive ketones (excluding diaryl/α,β-unsaturated/α-hetero) is 1. The Balaban J connectivity index is 2.09. The number of carbonyl (C=O) groups is 1. The average Bonchev–Trinajstić information content (AvgIpc) is 3.24. The summed E-state index contributed by atoms with van der Waals surface area (Å²) < 4.78 is 1.52. The van der Waals surface area contributed by atoms with E-state index in [0.29, 0.717) is 21.3 Å². The van der Waals surface area contributed by atoms with Gasteiger partial charge in [0.25, 0.3) is 0 Å². The normalized spacial score (nSPS) is 11.5. The number of thiophene rings is 1. The molecule has 24 heavy (non-hydrogen) atoms. The molecule has 0 unspecified atom stereocenters. The van der Waals surface area contributed by atoms with Gasteiger partial charge in [-0.25, -0.2) is 0 Å². The van der Waals surface area contributed by atoms with E-state index < -0.39 is 0 Å². The van der Waals surface area contributed by atoms with Crippen molar-refractivity contribution in [2.24, 2.45) is 0 Å². The van der Waals surface area contributed by atoms with Gasteiger partial charge in [0, 0.05) is 25.3 Å². The predicted molar refractivity (Wildman–Crippen MR) is 94.5 cm³/mol. The van der Waals surface area contributed by atoms with E-state index in [9.17, 15) is 4.79 Å². The molecule has 122 valence electrons. The van der Waals surface area contributed by atoms with Gasteiger partial charge < -0.3 is 4.90 Å². The molecule has 0 saturated carbocycles. The zero-order chi connectivity index (χ0) is 17.1. The summed E-state index contributed by atoms with van der Waals surface area (Å²) in [7, 11) is 3.69. The first-order valence-electron chi connectivity index (χ1n) is 7.07. The lowest BCUT2D eigenvalue weighted by molar-refractivity contribution is 0.105. The second-order valence-electron chi connectivity index (χ2n) is 5.20. The van der Waals surface area contributed by atoms with Crippen molar-refractivity contribution in [3.63, 3.8) is 0 Å². The zero-order valence-electron chi connectivity index (χ0n) is 13.0. The maximum Gasteiger partial charge on any atom is 0.208 e. The second-order valence-corrected chi connectivity index (χ2v) is 6.59. The number of aromatic nitrogens is 4. The van der Waals surface area contributed by atoms with Gasteiger partial charge in [0.1, 0.15) is 0 Å². The number of halogens is 1. The number of hydrogen-bond donors (Lipinski definition) is 0. The molecule has 0 radical (unpaired) electrons. The number of allylic oxidation sites excluding steroid dienone is 1. The number of tetrazole rings is 1. The first-order chi connectivity index (χ1) is 11.6. The van der Waals surface area contributed by atoms with Crippen LogP contribution in [0.5, 0.6) is 0 Å². The molecule has 0 atom stereocenters. The molecule has 8 heteroatoms. The Bertz CT molecular complexity index is 868. The Labute approximate surface area is 148 Å². The number of hydrogen-bond acceptors (Lipinski definition) is 6. The minimum atomic E-state index is -0.122. The van der Waals surface area contributed by atoms with Crippen LogP contribution >= 0.6 is 22.9 Å². The van der Waals surface area contributed by atoms with Gasteiger partial charge in [0.05, 0.1) is 16.1 Å². The third-order valence-electron chi connectivity index (χ3n) is 3.16. The number of rotatable bonds is 5. The van der Waals surface area contributed by atoms with E-state index in [1.165, 1.54) is 16.0 Å². The summed E-state index contributed by atoms with van der Waals surface area (Å²) in [5.74, 6) is 0.258. The van der Waals surface area contributed by atoms with Gasteiger partial charge in [0.15, 0.2) is 5.82 Å². The lowest BCUT2D eigenvalue weighted by atomic mass is 10.1. The van der Waals surface area contributed by atoms with Crippen LogP contribution in [0.1, 0.15) is 15.5 Å². The Morgan fingerprint density at radius 2 is 2.00 bits per heavy atom. The first-order valence-corrected chi connectivity index (χ1v) is 8.33. The molecular weight excluding hydrogens is 346 g/mol. The summed E-state index contributed by atoms with van der Waals surface area (Å²) in [6.07, 6.45) is 1.72. The van der Waals surface area contributed by atoms with Gasteiger partial charge in [-0.15, -0.1) is 16.4 Å². The summed E-state index contributed by atoms with van der Waals surface area (Å²) in [6, 6.07) is 10.7. The van der Waals surface area contributed by atoms with E-state index in [4.69, 9.17) is 11.6 Å². The van der Waals surface area contributed by atoms with Crippen LogP contribution in [0.25, 0.3) is 11.3 Å². The Hall–Kier alpha value is -2.51. The minimum Gasteiger partial charge on any atom is -0.383 e. The summed E-state index contributed by atoms with van der Waals surface area (Å²) >= 11 is 7.31. The van der Waals surface area contributed by atoms with Crippen LogP contribution in [0, 0.1) is 0 Å². The molecule has 1 aromatic carbocycles. The van der Waals surface area contributed by atoms with Crippen LogP contribution < -0.4 is 0 Å². The largest absolute Gasteiger partial charge is 0.383 e. The monoisotopic (exact) mass is 359 g/mol. The van der Waals surface area contributed by atoms with Gasteiger partial charge in [-0.3, -0.25) is 4.79 Å². The van der Waals surface area contributed by atoms with Crippen LogP contribution in [0.2, 0.25) is 5.02 Å². The molecule has 0 spiro atoms. The van der Waals surface area contributed by atoms with E-state index in [0.717, 1.165) is 5.69 Å². The van der Waals surface area contributed by atoms with Gasteiger partial charge in [-0.1, -0.05) is 17.7 Å². The highest BCUT2D eigenvalue weighted by atomic mass is 35.5. The maximum absolute atomic E-state index is 12.9. The molecule has 3 aromatic rings. The van der Waals surface area contributed by atoms with Gasteiger partial charge >= 0.3 is 0 Å². The van der Waals surface area contributed by atoms with Gasteiger partial charge in [0.2, 0.25) is 5.78 Å². The molecule has 2 heterocycles.